The third-order valence-electron chi connectivity index (χ3n) is 2.70. The van der Waals surface area contributed by atoms with Crippen LogP contribution in [0.2, 0.25) is 0 Å². The minimum atomic E-state index is -0.618. The van der Waals surface area contributed by atoms with Gasteiger partial charge in [-0.05, 0) is 18.6 Å². The molecule has 3 N–H and O–H groups in total. The summed E-state index contributed by atoms with van der Waals surface area (Å²) in [6, 6.07) is 8.67. The maximum atomic E-state index is 11.5. The highest BCUT2D eigenvalue weighted by molar-refractivity contribution is 5.72. The van der Waals surface area contributed by atoms with Crippen LogP contribution in [0.4, 0.5) is 4.79 Å². The van der Waals surface area contributed by atoms with E-state index >= 15 is 0 Å². The number of esters is 1. The zero-order valence-electron chi connectivity index (χ0n) is 11.8. The molecule has 2 aromatic rings. The summed E-state index contributed by atoms with van der Waals surface area (Å²) in [5, 5.41) is 10.1. The van der Waals surface area contributed by atoms with Crippen molar-refractivity contribution >= 4 is 12.0 Å². The minimum absolute atomic E-state index is 0.0814. The molecule has 0 atom stereocenters. The molecule has 0 saturated heterocycles. The summed E-state index contributed by atoms with van der Waals surface area (Å²) >= 11 is 0. The molecule has 1 heterocycles. The number of carbonyl (C=O) groups excluding carboxylic acids is 2. The fraction of sp³-hybridized carbons (Fsp3) is 0.286. The minimum Gasteiger partial charge on any atom is -0.456 e. The van der Waals surface area contributed by atoms with E-state index in [0.717, 1.165) is 5.56 Å². The van der Waals surface area contributed by atoms with Crippen LogP contribution in [0, 0.1) is 0 Å². The second kappa shape index (κ2) is 7.77. The first-order valence-corrected chi connectivity index (χ1v) is 6.72. The molecule has 8 heteroatoms. The van der Waals surface area contributed by atoms with Gasteiger partial charge in [-0.25, -0.2) is 4.79 Å². The molecular formula is C14H16N4O4. The van der Waals surface area contributed by atoms with Crippen molar-refractivity contribution in [3.8, 4) is 11.5 Å². The zero-order valence-corrected chi connectivity index (χ0v) is 11.8. The van der Waals surface area contributed by atoms with Crippen molar-refractivity contribution in [3.05, 3.63) is 36.2 Å². The third kappa shape index (κ3) is 4.89. The molecule has 0 radical (unpaired) electrons. The van der Waals surface area contributed by atoms with Gasteiger partial charge in [-0.1, -0.05) is 18.2 Å². The summed E-state index contributed by atoms with van der Waals surface area (Å²) in [6.45, 7) is 0.241. The van der Waals surface area contributed by atoms with E-state index in [1.807, 2.05) is 30.3 Å². The van der Waals surface area contributed by atoms with Crippen molar-refractivity contribution < 1.29 is 18.7 Å². The van der Waals surface area contributed by atoms with Crippen molar-refractivity contribution in [3.63, 3.8) is 0 Å². The van der Waals surface area contributed by atoms with Crippen LogP contribution >= 0.6 is 0 Å². The average Bonchev–Trinajstić information content (AvgIpc) is 2.99. The fourth-order valence-corrected chi connectivity index (χ4v) is 1.67. The lowest BCUT2D eigenvalue weighted by Gasteiger charge is -2.02. The van der Waals surface area contributed by atoms with E-state index in [4.69, 9.17) is 14.9 Å². The maximum absolute atomic E-state index is 11.5. The lowest BCUT2D eigenvalue weighted by molar-refractivity contribution is -0.145. The van der Waals surface area contributed by atoms with Gasteiger partial charge < -0.3 is 20.2 Å². The molecule has 0 aliphatic heterocycles. The van der Waals surface area contributed by atoms with Crippen molar-refractivity contribution in [2.75, 3.05) is 6.54 Å². The molecule has 2 amide bonds. The Hall–Kier alpha value is -2.90. The van der Waals surface area contributed by atoms with Gasteiger partial charge in [0.25, 0.3) is 5.89 Å². The van der Waals surface area contributed by atoms with Crippen molar-refractivity contribution in [2.45, 2.75) is 19.4 Å². The van der Waals surface area contributed by atoms with Crippen LogP contribution in [0.25, 0.3) is 11.5 Å². The molecule has 0 aliphatic carbocycles. The lowest BCUT2D eigenvalue weighted by Crippen LogP contribution is -2.30. The fourth-order valence-electron chi connectivity index (χ4n) is 1.67. The van der Waals surface area contributed by atoms with Crippen LogP contribution in [0.1, 0.15) is 18.7 Å². The Balaban J connectivity index is 1.74. The van der Waals surface area contributed by atoms with E-state index in [9.17, 15) is 9.59 Å². The van der Waals surface area contributed by atoms with Gasteiger partial charge >= 0.3 is 12.0 Å². The molecule has 116 valence electrons. The van der Waals surface area contributed by atoms with E-state index < -0.39 is 12.0 Å². The topological polar surface area (TPSA) is 120 Å². The number of amides is 2. The largest absolute Gasteiger partial charge is 0.456 e. The highest BCUT2D eigenvalue weighted by Crippen LogP contribution is 2.17. The number of ether oxygens (including phenoxy) is 1. The first kappa shape index (κ1) is 15.5. The standard InChI is InChI=1S/C14H16N4O4/c15-14(20)16-8-4-7-12(19)21-9-11-17-18-13(22-11)10-5-2-1-3-6-10/h1-3,5-6H,4,7-9H2,(H3,15,16,20). The number of rotatable bonds is 7. The molecule has 2 rings (SSSR count). The number of urea groups is 1. The van der Waals surface area contributed by atoms with Crippen LogP contribution in [0.15, 0.2) is 34.7 Å². The summed E-state index contributed by atoms with van der Waals surface area (Å²) < 4.78 is 10.4. The molecule has 0 fully saturated rings. The van der Waals surface area contributed by atoms with Gasteiger partial charge in [0.1, 0.15) is 0 Å². The normalized spacial score (nSPS) is 10.2. The number of hydrogen-bond acceptors (Lipinski definition) is 6. The lowest BCUT2D eigenvalue weighted by atomic mass is 10.2. The zero-order chi connectivity index (χ0) is 15.8. The second-order valence-electron chi connectivity index (χ2n) is 4.42. The Morgan fingerprint density at radius 1 is 1.23 bits per heavy atom. The molecule has 0 aliphatic rings. The number of nitrogens with two attached hydrogens (primary N) is 1. The van der Waals surface area contributed by atoms with Crippen molar-refractivity contribution in [2.24, 2.45) is 5.73 Å². The first-order chi connectivity index (χ1) is 10.6. The van der Waals surface area contributed by atoms with Crippen LogP contribution in [-0.4, -0.2) is 28.7 Å². The Labute approximate surface area is 126 Å². The van der Waals surface area contributed by atoms with Gasteiger partial charge in [-0.3, -0.25) is 4.79 Å². The Kier molecular flexibility index (Phi) is 5.47. The van der Waals surface area contributed by atoms with Gasteiger partial charge in [0.15, 0.2) is 6.61 Å². The number of nitrogens with one attached hydrogen (secondary N) is 1. The summed E-state index contributed by atoms with van der Waals surface area (Å²) in [6.07, 6.45) is 0.612. The molecule has 0 unspecified atom stereocenters. The van der Waals surface area contributed by atoms with Gasteiger partial charge in [-0.2, -0.15) is 0 Å². The molecular weight excluding hydrogens is 288 g/mol. The van der Waals surface area contributed by atoms with E-state index in [-0.39, 0.29) is 18.9 Å². The van der Waals surface area contributed by atoms with Gasteiger partial charge in [0, 0.05) is 18.5 Å². The summed E-state index contributed by atoms with van der Waals surface area (Å²) in [5.41, 5.74) is 5.70. The summed E-state index contributed by atoms with van der Waals surface area (Å²) in [5.74, 6) is 0.186. The number of carbonyl (C=O) groups is 2. The number of primary amides is 1. The van der Waals surface area contributed by atoms with E-state index in [1.54, 1.807) is 0 Å². The SMILES string of the molecule is NC(=O)NCCCC(=O)OCc1nnc(-c2ccccc2)o1. The molecule has 1 aromatic carbocycles. The third-order valence-corrected chi connectivity index (χ3v) is 2.70. The smallest absolute Gasteiger partial charge is 0.312 e. The molecule has 0 bridgehead atoms. The average molecular weight is 304 g/mol. The monoisotopic (exact) mass is 304 g/mol. The summed E-state index contributed by atoms with van der Waals surface area (Å²) in [7, 11) is 0. The van der Waals surface area contributed by atoms with Crippen LogP contribution < -0.4 is 11.1 Å². The molecule has 0 spiro atoms. The van der Waals surface area contributed by atoms with Crippen LogP contribution in [0.3, 0.4) is 0 Å². The van der Waals surface area contributed by atoms with Crippen LogP contribution in [-0.2, 0) is 16.1 Å². The number of nitrogens with zero attached hydrogens (tertiary/aromatic N) is 2. The van der Waals surface area contributed by atoms with Gasteiger partial charge in [-0.15, -0.1) is 10.2 Å². The Bertz CT molecular complexity index is 627. The molecule has 22 heavy (non-hydrogen) atoms. The van der Waals surface area contributed by atoms with E-state index in [1.165, 1.54) is 0 Å². The summed E-state index contributed by atoms with van der Waals surface area (Å²) in [4.78, 5) is 21.9. The number of aromatic nitrogens is 2. The second-order valence-corrected chi connectivity index (χ2v) is 4.42. The Morgan fingerprint density at radius 3 is 2.73 bits per heavy atom. The predicted molar refractivity (Wildman–Crippen MR) is 76.4 cm³/mol. The highest BCUT2D eigenvalue weighted by Gasteiger charge is 2.10. The number of benzene rings is 1. The predicted octanol–water partition coefficient (Wildman–Crippen LogP) is 1.23. The number of hydrogen-bond donors (Lipinski definition) is 2. The quantitative estimate of drug-likeness (QED) is 0.586. The maximum Gasteiger partial charge on any atom is 0.312 e. The Morgan fingerprint density at radius 2 is 2.00 bits per heavy atom. The van der Waals surface area contributed by atoms with Crippen LogP contribution in [0.5, 0.6) is 0 Å². The van der Waals surface area contributed by atoms with E-state index in [2.05, 4.69) is 15.5 Å². The van der Waals surface area contributed by atoms with Crippen molar-refractivity contribution in [1.82, 2.24) is 15.5 Å². The molecule has 0 saturated carbocycles. The molecule has 1 aromatic heterocycles. The van der Waals surface area contributed by atoms with Gasteiger partial charge in [0.05, 0.1) is 0 Å². The van der Waals surface area contributed by atoms with E-state index in [0.29, 0.717) is 18.9 Å². The first-order valence-electron chi connectivity index (χ1n) is 6.72. The molecule has 8 nitrogen and oxygen atoms in total. The van der Waals surface area contributed by atoms with Crippen molar-refractivity contribution in [1.29, 1.82) is 0 Å². The highest BCUT2D eigenvalue weighted by atomic mass is 16.5. The van der Waals surface area contributed by atoms with Gasteiger partial charge in [0.2, 0.25) is 5.89 Å².